The molecule has 1 heterocycles. The van der Waals surface area contributed by atoms with E-state index in [-0.39, 0.29) is 18.1 Å². The van der Waals surface area contributed by atoms with E-state index in [1.165, 1.54) is 0 Å². The molecule has 2 aliphatic rings. The maximum atomic E-state index is 9.69. The molecular weight excluding hydrogens is 144 g/mol. The van der Waals surface area contributed by atoms with Gasteiger partial charge in [-0.1, -0.05) is 0 Å². The first-order valence-electron chi connectivity index (χ1n) is 4.20. The molecule has 2 N–H and O–H groups in total. The highest BCUT2D eigenvalue weighted by Gasteiger charge is 2.54. The minimum absolute atomic E-state index is 0.00782. The van der Waals surface area contributed by atoms with Crippen LogP contribution >= 0.6 is 0 Å². The summed E-state index contributed by atoms with van der Waals surface area (Å²) in [6.45, 7) is 1.88. The molecule has 0 aromatic heterocycles. The fourth-order valence-electron chi connectivity index (χ4n) is 2.10. The van der Waals surface area contributed by atoms with Gasteiger partial charge >= 0.3 is 0 Å². The largest absolute Gasteiger partial charge is 0.393 e. The Labute approximate surface area is 66.0 Å². The Kier molecular flexibility index (Phi) is 1.50. The molecule has 2 fully saturated rings. The second-order valence-electron chi connectivity index (χ2n) is 3.72. The maximum absolute atomic E-state index is 9.69. The van der Waals surface area contributed by atoms with Crippen molar-refractivity contribution in [3.63, 3.8) is 0 Å². The van der Waals surface area contributed by atoms with Crippen LogP contribution in [0.25, 0.3) is 0 Å². The molecule has 1 aliphatic carbocycles. The van der Waals surface area contributed by atoms with Crippen molar-refractivity contribution in [1.82, 2.24) is 0 Å². The first-order chi connectivity index (χ1) is 5.12. The number of hydrogen-bond acceptors (Lipinski definition) is 3. The van der Waals surface area contributed by atoms with Gasteiger partial charge in [0, 0.05) is 12.3 Å². The van der Waals surface area contributed by atoms with Gasteiger partial charge in [0.25, 0.3) is 0 Å². The summed E-state index contributed by atoms with van der Waals surface area (Å²) in [7, 11) is 0. The Bertz CT molecular complexity index is 171. The summed E-state index contributed by atoms with van der Waals surface area (Å²) >= 11 is 0. The highest BCUT2D eigenvalue weighted by molar-refractivity contribution is 4.97. The Balaban J connectivity index is 2.11. The van der Waals surface area contributed by atoms with Gasteiger partial charge in [0.2, 0.25) is 0 Å². The number of rotatable bonds is 0. The predicted octanol–water partition coefficient (Wildman–Crippen LogP) is 0.255. The van der Waals surface area contributed by atoms with Crippen molar-refractivity contribution >= 4 is 0 Å². The Morgan fingerprint density at radius 1 is 1.55 bits per heavy atom. The lowest BCUT2D eigenvalue weighted by Crippen LogP contribution is -2.59. The van der Waals surface area contributed by atoms with Gasteiger partial charge < -0.3 is 14.9 Å². The van der Waals surface area contributed by atoms with Crippen LogP contribution in [0.4, 0.5) is 0 Å². The Morgan fingerprint density at radius 3 is 2.73 bits per heavy atom. The summed E-state index contributed by atoms with van der Waals surface area (Å²) in [6, 6.07) is 0. The lowest BCUT2D eigenvalue weighted by Gasteiger charge is -2.52. The van der Waals surface area contributed by atoms with E-state index in [9.17, 15) is 10.2 Å². The molecule has 3 heteroatoms. The van der Waals surface area contributed by atoms with Gasteiger partial charge in [0.15, 0.2) is 5.79 Å². The van der Waals surface area contributed by atoms with Crippen molar-refractivity contribution in [1.29, 1.82) is 0 Å². The van der Waals surface area contributed by atoms with Crippen LogP contribution in [0, 0.1) is 5.92 Å². The first kappa shape index (κ1) is 7.53. The van der Waals surface area contributed by atoms with Gasteiger partial charge in [0.1, 0.15) is 0 Å². The van der Waals surface area contributed by atoms with E-state index in [0.717, 1.165) is 6.42 Å². The molecule has 0 aromatic rings. The smallest absolute Gasteiger partial charge is 0.171 e. The second kappa shape index (κ2) is 2.19. The van der Waals surface area contributed by atoms with E-state index in [4.69, 9.17) is 4.74 Å². The molecule has 11 heavy (non-hydrogen) atoms. The summed E-state index contributed by atoms with van der Waals surface area (Å²) in [5, 5.41) is 19.2. The minimum atomic E-state index is -0.989. The third kappa shape index (κ3) is 0.991. The molecule has 0 aromatic carbocycles. The van der Waals surface area contributed by atoms with Crippen molar-refractivity contribution in [2.45, 2.75) is 44.2 Å². The molecule has 1 saturated heterocycles. The third-order valence-corrected chi connectivity index (χ3v) is 2.84. The van der Waals surface area contributed by atoms with Gasteiger partial charge in [-0.2, -0.15) is 0 Å². The van der Waals surface area contributed by atoms with Crippen molar-refractivity contribution in [3.8, 4) is 0 Å². The number of aliphatic hydroxyl groups excluding tert-OH is 1. The topological polar surface area (TPSA) is 49.7 Å². The summed E-state index contributed by atoms with van der Waals surface area (Å²) in [6.07, 6.45) is 1.86. The van der Waals surface area contributed by atoms with Crippen molar-refractivity contribution in [2.75, 3.05) is 0 Å². The molecule has 1 aliphatic heterocycles. The quantitative estimate of drug-likeness (QED) is 0.531. The van der Waals surface area contributed by atoms with E-state index >= 15 is 0 Å². The zero-order chi connectivity index (χ0) is 8.06. The summed E-state index contributed by atoms with van der Waals surface area (Å²) in [4.78, 5) is 0. The van der Waals surface area contributed by atoms with E-state index in [1.54, 1.807) is 0 Å². The molecule has 0 radical (unpaired) electrons. The lowest BCUT2D eigenvalue weighted by atomic mass is 9.71. The molecule has 0 spiro atoms. The Hall–Kier alpha value is -0.120. The highest BCUT2D eigenvalue weighted by atomic mass is 16.6. The molecule has 4 atom stereocenters. The standard InChI is InChI=1S/C8H14O3/c1-5-4-7(9)6-2-3-8(6,10)11-5/h5-7,9-10H,2-4H2,1H3/t5?,6?,7-,8+/m0/s1. The van der Waals surface area contributed by atoms with Gasteiger partial charge in [-0.25, -0.2) is 0 Å². The van der Waals surface area contributed by atoms with Gasteiger partial charge in [0.05, 0.1) is 12.2 Å². The maximum Gasteiger partial charge on any atom is 0.171 e. The van der Waals surface area contributed by atoms with Crippen LogP contribution in [-0.4, -0.2) is 28.2 Å². The summed E-state index contributed by atoms with van der Waals surface area (Å²) in [5.41, 5.74) is 0. The van der Waals surface area contributed by atoms with E-state index in [2.05, 4.69) is 0 Å². The highest BCUT2D eigenvalue weighted by Crippen LogP contribution is 2.46. The molecule has 2 unspecified atom stereocenters. The van der Waals surface area contributed by atoms with Crippen molar-refractivity contribution in [2.24, 2.45) is 5.92 Å². The van der Waals surface area contributed by atoms with Crippen LogP contribution in [0.5, 0.6) is 0 Å². The number of hydrogen-bond donors (Lipinski definition) is 2. The van der Waals surface area contributed by atoms with Crippen molar-refractivity contribution < 1.29 is 14.9 Å². The predicted molar refractivity (Wildman–Crippen MR) is 38.8 cm³/mol. The second-order valence-corrected chi connectivity index (χ2v) is 3.72. The van der Waals surface area contributed by atoms with Crippen LogP contribution in [0.15, 0.2) is 0 Å². The Morgan fingerprint density at radius 2 is 2.27 bits per heavy atom. The number of ether oxygens (including phenoxy) is 1. The SMILES string of the molecule is CC1C[C@H](O)C2CC[C@@]2(O)O1. The minimum Gasteiger partial charge on any atom is -0.393 e. The van der Waals surface area contributed by atoms with Gasteiger partial charge in [-0.15, -0.1) is 0 Å². The normalized spacial score (nSPS) is 56.5. The lowest BCUT2D eigenvalue weighted by molar-refractivity contribution is -0.344. The van der Waals surface area contributed by atoms with Crippen LogP contribution < -0.4 is 0 Å². The van der Waals surface area contributed by atoms with E-state index in [0.29, 0.717) is 12.8 Å². The van der Waals surface area contributed by atoms with E-state index < -0.39 is 5.79 Å². The summed E-state index contributed by atoms with van der Waals surface area (Å²) < 4.78 is 5.34. The molecule has 1 saturated carbocycles. The first-order valence-corrected chi connectivity index (χ1v) is 4.20. The van der Waals surface area contributed by atoms with Crippen LogP contribution in [0.1, 0.15) is 26.2 Å². The fourth-order valence-corrected chi connectivity index (χ4v) is 2.10. The number of fused-ring (bicyclic) bond motifs is 1. The van der Waals surface area contributed by atoms with E-state index in [1.807, 2.05) is 6.92 Å². The van der Waals surface area contributed by atoms with Crippen LogP contribution in [0.2, 0.25) is 0 Å². The molecule has 64 valence electrons. The fraction of sp³-hybridized carbons (Fsp3) is 1.00. The molecular formula is C8H14O3. The zero-order valence-electron chi connectivity index (χ0n) is 6.66. The molecule has 0 amide bonds. The van der Waals surface area contributed by atoms with Gasteiger partial charge in [-0.3, -0.25) is 0 Å². The molecule has 2 rings (SSSR count). The average Bonchev–Trinajstić information content (AvgIpc) is 1.81. The monoisotopic (exact) mass is 158 g/mol. The third-order valence-electron chi connectivity index (χ3n) is 2.84. The molecule has 3 nitrogen and oxygen atoms in total. The van der Waals surface area contributed by atoms with Gasteiger partial charge in [-0.05, 0) is 19.8 Å². The zero-order valence-corrected chi connectivity index (χ0v) is 6.66. The number of aliphatic hydroxyl groups is 2. The van der Waals surface area contributed by atoms with Crippen LogP contribution in [0.3, 0.4) is 0 Å². The molecule has 0 bridgehead atoms. The average molecular weight is 158 g/mol. The van der Waals surface area contributed by atoms with Crippen LogP contribution in [-0.2, 0) is 4.74 Å². The van der Waals surface area contributed by atoms with Crippen molar-refractivity contribution in [3.05, 3.63) is 0 Å². The summed E-state index contributed by atoms with van der Waals surface area (Å²) in [5.74, 6) is -1.02.